The molecule has 0 aliphatic carbocycles. The number of benzene rings is 1. The maximum atomic E-state index is 12.8. The van der Waals surface area contributed by atoms with E-state index in [2.05, 4.69) is 5.32 Å². The lowest BCUT2D eigenvalue weighted by Gasteiger charge is -2.29. The first-order valence-corrected chi connectivity index (χ1v) is 8.79. The van der Waals surface area contributed by atoms with Crippen molar-refractivity contribution in [2.24, 2.45) is 0 Å². The summed E-state index contributed by atoms with van der Waals surface area (Å²) in [4.78, 5) is 0.428. The fourth-order valence-corrected chi connectivity index (χ4v) is 4.43. The first-order chi connectivity index (χ1) is 9.55. The van der Waals surface area contributed by atoms with Crippen LogP contribution < -0.4 is 5.32 Å². The van der Waals surface area contributed by atoms with E-state index in [-0.39, 0.29) is 6.04 Å². The van der Waals surface area contributed by atoms with Crippen molar-refractivity contribution < 1.29 is 8.42 Å². The molecule has 1 atom stereocenters. The number of rotatable bonds is 5. The van der Waals surface area contributed by atoms with E-state index in [0.29, 0.717) is 18.0 Å². The predicted molar refractivity (Wildman–Crippen MR) is 81.3 cm³/mol. The van der Waals surface area contributed by atoms with Gasteiger partial charge in [-0.25, -0.2) is 8.42 Å². The van der Waals surface area contributed by atoms with Gasteiger partial charge in [0, 0.05) is 19.1 Å². The topological polar surface area (TPSA) is 49.4 Å². The summed E-state index contributed by atoms with van der Waals surface area (Å²) in [7, 11) is -3.39. The van der Waals surface area contributed by atoms with Crippen molar-refractivity contribution in [3.8, 4) is 0 Å². The molecule has 0 bridgehead atoms. The van der Waals surface area contributed by atoms with Gasteiger partial charge >= 0.3 is 0 Å². The molecule has 1 fully saturated rings. The van der Waals surface area contributed by atoms with Crippen LogP contribution in [0.5, 0.6) is 0 Å². The standard InChI is InChI=1S/C15H24N2O2S/c1-3-17(12-14-9-6-7-11-16-14)20(18,19)15-10-5-4-8-13(15)2/h4-5,8,10,14,16H,3,6-7,9,11-12H2,1-2H3. The van der Waals surface area contributed by atoms with Gasteiger partial charge in [0.05, 0.1) is 4.90 Å². The summed E-state index contributed by atoms with van der Waals surface area (Å²) in [6, 6.07) is 7.48. The maximum Gasteiger partial charge on any atom is 0.243 e. The number of hydrogen-bond acceptors (Lipinski definition) is 3. The third kappa shape index (κ3) is 3.40. The SMILES string of the molecule is CCN(CC1CCCCN1)S(=O)(=O)c1ccccc1C. The molecule has 1 N–H and O–H groups in total. The van der Waals surface area contributed by atoms with E-state index in [1.165, 1.54) is 12.8 Å². The molecule has 1 aromatic carbocycles. The van der Waals surface area contributed by atoms with Gasteiger partial charge in [-0.1, -0.05) is 31.5 Å². The highest BCUT2D eigenvalue weighted by atomic mass is 32.2. The van der Waals surface area contributed by atoms with Crippen molar-refractivity contribution >= 4 is 10.0 Å². The molecular weight excluding hydrogens is 272 g/mol. The number of sulfonamides is 1. The third-order valence-corrected chi connectivity index (χ3v) is 6.00. The molecule has 1 aliphatic rings. The molecule has 1 aliphatic heterocycles. The van der Waals surface area contributed by atoms with E-state index < -0.39 is 10.0 Å². The van der Waals surface area contributed by atoms with Crippen molar-refractivity contribution in [2.45, 2.75) is 44.0 Å². The smallest absolute Gasteiger partial charge is 0.243 e. The molecule has 112 valence electrons. The Bertz CT molecular complexity index is 537. The highest BCUT2D eigenvalue weighted by Gasteiger charge is 2.27. The molecule has 0 radical (unpaired) electrons. The highest BCUT2D eigenvalue weighted by Crippen LogP contribution is 2.20. The molecule has 1 aromatic rings. The van der Waals surface area contributed by atoms with E-state index in [1.54, 1.807) is 16.4 Å². The van der Waals surface area contributed by atoms with E-state index in [1.807, 2.05) is 26.0 Å². The molecule has 0 aromatic heterocycles. The minimum absolute atomic E-state index is 0.280. The fraction of sp³-hybridized carbons (Fsp3) is 0.600. The molecule has 0 amide bonds. The number of piperidine rings is 1. The summed E-state index contributed by atoms with van der Waals surface area (Å²) in [6.07, 6.45) is 3.42. The Morgan fingerprint density at radius 1 is 1.30 bits per heavy atom. The minimum atomic E-state index is -3.39. The van der Waals surface area contributed by atoms with E-state index in [0.717, 1.165) is 18.5 Å². The zero-order chi connectivity index (χ0) is 14.6. The zero-order valence-electron chi connectivity index (χ0n) is 12.3. The number of hydrogen-bond donors (Lipinski definition) is 1. The molecule has 0 spiro atoms. The highest BCUT2D eigenvalue weighted by molar-refractivity contribution is 7.89. The second-order valence-corrected chi connectivity index (χ2v) is 7.27. The Morgan fingerprint density at radius 3 is 2.65 bits per heavy atom. The van der Waals surface area contributed by atoms with E-state index in [9.17, 15) is 8.42 Å². The molecule has 1 heterocycles. The Labute approximate surface area is 122 Å². The molecule has 2 rings (SSSR count). The fourth-order valence-electron chi connectivity index (χ4n) is 2.71. The van der Waals surface area contributed by atoms with Crippen molar-refractivity contribution in [1.82, 2.24) is 9.62 Å². The largest absolute Gasteiger partial charge is 0.313 e. The predicted octanol–water partition coefficient (Wildman–Crippen LogP) is 2.15. The van der Waals surface area contributed by atoms with Gasteiger partial charge in [0.15, 0.2) is 0 Å². The molecule has 20 heavy (non-hydrogen) atoms. The van der Waals surface area contributed by atoms with Crippen LogP contribution >= 0.6 is 0 Å². The molecule has 0 saturated carbocycles. The summed E-state index contributed by atoms with van der Waals surface area (Å²) in [5, 5.41) is 3.42. The Morgan fingerprint density at radius 2 is 2.05 bits per heavy atom. The molecular formula is C15H24N2O2S. The van der Waals surface area contributed by atoms with Gasteiger partial charge in [-0.15, -0.1) is 0 Å². The van der Waals surface area contributed by atoms with Crippen LogP contribution in [-0.4, -0.2) is 38.4 Å². The first-order valence-electron chi connectivity index (χ1n) is 7.35. The lowest BCUT2D eigenvalue weighted by atomic mass is 10.1. The minimum Gasteiger partial charge on any atom is -0.313 e. The first kappa shape index (κ1) is 15.5. The third-order valence-electron chi connectivity index (χ3n) is 3.90. The van der Waals surface area contributed by atoms with Crippen LogP contribution in [0.1, 0.15) is 31.7 Å². The van der Waals surface area contributed by atoms with E-state index in [4.69, 9.17) is 0 Å². The second-order valence-electron chi connectivity index (χ2n) is 5.37. The summed E-state index contributed by atoms with van der Waals surface area (Å²) in [5.74, 6) is 0. The summed E-state index contributed by atoms with van der Waals surface area (Å²) < 4.78 is 27.1. The van der Waals surface area contributed by atoms with Crippen LogP contribution in [0.15, 0.2) is 29.2 Å². The van der Waals surface area contributed by atoms with Gasteiger partial charge in [0.2, 0.25) is 10.0 Å². The van der Waals surface area contributed by atoms with Crippen molar-refractivity contribution in [1.29, 1.82) is 0 Å². The van der Waals surface area contributed by atoms with Crippen molar-refractivity contribution in [2.75, 3.05) is 19.6 Å². The summed E-state index contributed by atoms with van der Waals surface area (Å²) >= 11 is 0. The summed E-state index contributed by atoms with van der Waals surface area (Å²) in [5.41, 5.74) is 0.808. The normalized spacial score (nSPS) is 20.2. The van der Waals surface area contributed by atoms with Crippen LogP contribution in [0, 0.1) is 6.92 Å². The maximum absolute atomic E-state index is 12.8. The van der Waals surface area contributed by atoms with Gasteiger partial charge in [-0.3, -0.25) is 0 Å². The van der Waals surface area contributed by atoms with Gasteiger partial charge in [0.1, 0.15) is 0 Å². The summed E-state index contributed by atoms with van der Waals surface area (Å²) in [6.45, 7) is 5.81. The van der Waals surface area contributed by atoms with Crippen LogP contribution in [0.25, 0.3) is 0 Å². The number of nitrogens with zero attached hydrogens (tertiary/aromatic N) is 1. The second kappa shape index (κ2) is 6.70. The molecule has 5 heteroatoms. The number of aryl methyl sites for hydroxylation is 1. The van der Waals surface area contributed by atoms with Crippen LogP contribution in [0.3, 0.4) is 0 Å². The quantitative estimate of drug-likeness (QED) is 0.906. The average Bonchev–Trinajstić information content (AvgIpc) is 2.46. The van der Waals surface area contributed by atoms with Crippen LogP contribution in [-0.2, 0) is 10.0 Å². The number of nitrogens with one attached hydrogen (secondary N) is 1. The van der Waals surface area contributed by atoms with Crippen molar-refractivity contribution in [3.05, 3.63) is 29.8 Å². The lowest BCUT2D eigenvalue weighted by molar-refractivity contribution is 0.319. The van der Waals surface area contributed by atoms with Gasteiger partial charge in [-0.05, 0) is 37.9 Å². The van der Waals surface area contributed by atoms with Gasteiger partial charge in [-0.2, -0.15) is 4.31 Å². The van der Waals surface area contributed by atoms with Crippen molar-refractivity contribution in [3.63, 3.8) is 0 Å². The Kier molecular flexibility index (Phi) is 5.18. The van der Waals surface area contributed by atoms with Crippen LogP contribution in [0.2, 0.25) is 0 Å². The average molecular weight is 296 g/mol. The lowest BCUT2D eigenvalue weighted by Crippen LogP contribution is -2.45. The Balaban J connectivity index is 2.19. The van der Waals surface area contributed by atoms with Gasteiger partial charge in [0.25, 0.3) is 0 Å². The molecule has 4 nitrogen and oxygen atoms in total. The monoisotopic (exact) mass is 296 g/mol. The van der Waals surface area contributed by atoms with E-state index >= 15 is 0 Å². The molecule has 1 unspecified atom stereocenters. The van der Waals surface area contributed by atoms with Gasteiger partial charge < -0.3 is 5.32 Å². The van der Waals surface area contributed by atoms with Crippen LogP contribution in [0.4, 0.5) is 0 Å². The number of likely N-dealkylation sites (N-methyl/N-ethyl adjacent to an activating group) is 1. The zero-order valence-corrected chi connectivity index (χ0v) is 13.1. The Hall–Kier alpha value is -0.910. The molecule has 1 saturated heterocycles.